The van der Waals surface area contributed by atoms with Crippen molar-refractivity contribution in [1.82, 2.24) is 19.9 Å². The lowest BCUT2D eigenvalue weighted by molar-refractivity contribution is 0.660. The van der Waals surface area contributed by atoms with E-state index in [0.29, 0.717) is 11.6 Å². The normalized spacial score (nSPS) is 12.5. The van der Waals surface area contributed by atoms with Gasteiger partial charge in [0.15, 0.2) is 23.0 Å². The predicted octanol–water partition coefficient (Wildman–Crippen LogP) is 26.7. The Balaban J connectivity index is 0.000000160. The van der Waals surface area contributed by atoms with Gasteiger partial charge < -0.3 is 0 Å². The number of fused-ring (bicyclic) bond motifs is 6. The highest BCUT2D eigenvalue weighted by atomic mass is 14.9. The second-order valence-corrected chi connectivity index (χ2v) is 28.2. The molecule has 0 N–H and O–H groups in total. The standard InChI is InChI=1S/C56H39N3.C44H31N3/c1-56(2)49-33-32-46(35-48(49)54-50(56)18-11-19-51(54)57-3)42-22-20-40(21-23-42)41-26-30-44(31-27-41)53-36-52(43-28-24-39(25-29-43)37-12-6-4-7-13-37)58-55(59-53)47-17-10-16-45(34-47)38-14-8-5-9-15-38;1-44(2)37-15-10-16-39(45-3)42(37)36-26-25-35(27-38(36)44)31-19-17-29(18-20-31)30-21-23-33(24-22-30)41-28-40(32-11-6-4-7-12-32)46-43(47-41)34-13-8-5-9-14-34/h4-36H,1-2H3;4-28H,1-2H3. The number of benzene rings is 14. The molecule has 0 fully saturated rings. The van der Waals surface area contributed by atoms with Crippen LogP contribution in [0.1, 0.15) is 49.9 Å². The van der Waals surface area contributed by atoms with Gasteiger partial charge in [-0.05, 0) is 142 Å². The Kier molecular flexibility index (Phi) is 17.0. The minimum absolute atomic E-state index is 0.142. The molecule has 0 atom stereocenters. The van der Waals surface area contributed by atoms with Gasteiger partial charge >= 0.3 is 0 Å². The molecule has 16 aromatic rings. The average Bonchev–Trinajstić information content (AvgIpc) is 1.58. The zero-order valence-electron chi connectivity index (χ0n) is 59.2. The third-order valence-corrected chi connectivity index (χ3v) is 21.1. The first-order valence-electron chi connectivity index (χ1n) is 35.9. The SMILES string of the molecule is [C-]#[N+]c1cccc2c1-c1cc(-c3ccc(-c4ccc(-c5cc(-c6ccc(-c7ccccc7)cc6)nc(-c6cccc(-c7ccccc7)c6)n5)cc4)cc3)ccc1C2(C)C.[C-]#[N+]c1cccc2c1-c1ccc(-c3ccc(-c4ccc(-c5cc(-c6ccccc6)nc(-c6ccccc6)n5)cc4)cc3)cc1C2(C)C. The Bertz CT molecular complexity index is 6020. The Morgan fingerprint density at radius 3 is 0.925 bits per heavy atom. The molecule has 2 aliphatic carbocycles. The molecule has 0 unspecified atom stereocenters. The summed E-state index contributed by atoms with van der Waals surface area (Å²) in [7, 11) is 0. The summed E-state index contributed by atoms with van der Waals surface area (Å²) in [6, 6.07) is 123. The van der Waals surface area contributed by atoms with Crippen molar-refractivity contribution in [3.8, 4) is 157 Å². The number of nitrogens with zero attached hydrogens (tertiary/aromatic N) is 6. The van der Waals surface area contributed by atoms with Crippen LogP contribution in [0.15, 0.2) is 352 Å². The largest absolute Gasteiger partial charge is 0.238 e. The maximum absolute atomic E-state index is 7.84. The van der Waals surface area contributed by atoms with Gasteiger partial charge in [0.25, 0.3) is 0 Å². The molecular weight excluding hydrogens is 1290 g/mol. The summed E-state index contributed by atoms with van der Waals surface area (Å²) in [5.74, 6) is 1.40. The highest BCUT2D eigenvalue weighted by Gasteiger charge is 2.38. The fraction of sp³-hybridized carbons (Fsp3) is 0.0600. The zero-order valence-corrected chi connectivity index (χ0v) is 59.2. The van der Waals surface area contributed by atoms with Gasteiger partial charge in [-0.3, -0.25) is 0 Å². The van der Waals surface area contributed by atoms with E-state index < -0.39 is 0 Å². The molecule has 18 rings (SSSR count). The van der Waals surface area contributed by atoms with Crippen molar-refractivity contribution in [1.29, 1.82) is 0 Å². The van der Waals surface area contributed by atoms with Crippen molar-refractivity contribution < 1.29 is 0 Å². The summed E-state index contributed by atoms with van der Waals surface area (Å²) in [5, 5.41) is 0. The summed E-state index contributed by atoms with van der Waals surface area (Å²) in [6.07, 6.45) is 0. The highest BCUT2D eigenvalue weighted by molar-refractivity contribution is 5.94. The molecule has 0 saturated carbocycles. The van der Waals surface area contributed by atoms with Gasteiger partial charge in [0, 0.05) is 44.2 Å². The van der Waals surface area contributed by atoms with E-state index in [-0.39, 0.29) is 10.8 Å². The van der Waals surface area contributed by atoms with Gasteiger partial charge in [0.2, 0.25) is 0 Å². The second kappa shape index (κ2) is 27.5. The fourth-order valence-corrected chi connectivity index (χ4v) is 15.3. The summed E-state index contributed by atoms with van der Waals surface area (Å²) in [5.41, 5.74) is 34.2. The van der Waals surface area contributed by atoms with Crippen LogP contribution in [0.4, 0.5) is 11.4 Å². The molecular formula is C100H70N6. The zero-order chi connectivity index (χ0) is 71.9. The molecule has 2 aliphatic rings. The van der Waals surface area contributed by atoms with Gasteiger partial charge in [-0.25, -0.2) is 29.6 Å². The average molecular weight is 1360 g/mol. The summed E-state index contributed by atoms with van der Waals surface area (Å²) < 4.78 is 0. The smallest absolute Gasteiger partial charge is 0.195 e. The van der Waals surface area contributed by atoms with Crippen molar-refractivity contribution in [3.63, 3.8) is 0 Å². The van der Waals surface area contributed by atoms with E-state index in [4.69, 9.17) is 33.1 Å². The third-order valence-electron chi connectivity index (χ3n) is 21.1. The lowest BCUT2D eigenvalue weighted by Gasteiger charge is -2.22. The van der Waals surface area contributed by atoms with Gasteiger partial charge in [-0.15, -0.1) is 0 Å². The van der Waals surface area contributed by atoms with Crippen LogP contribution < -0.4 is 0 Å². The quantitative estimate of drug-likeness (QED) is 0.114. The van der Waals surface area contributed by atoms with Crippen LogP contribution in [0.5, 0.6) is 0 Å². The number of rotatable bonds is 12. The molecule has 0 aliphatic heterocycles. The van der Waals surface area contributed by atoms with E-state index in [2.05, 4.69) is 316 Å². The van der Waals surface area contributed by atoms with Crippen LogP contribution in [0.25, 0.3) is 167 Å². The predicted molar refractivity (Wildman–Crippen MR) is 437 cm³/mol. The topological polar surface area (TPSA) is 60.3 Å². The number of aromatic nitrogens is 4. The lowest BCUT2D eigenvalue weighted by atomic mass is 9.81. The van der Waals surface area contributed by atoms with E-state index >= 15 is 0 Å². The van der Waals surface area contributed by atoms with Crippen LogP contribution in [-0.2, 0) is 10.8 Å². The first-order valence-corrected chi connectivity index (χ1v) is 35.9. The number of hydrogen-bond donors (Lipinski definition) is 0. The molecule has 500 valence electrons. The molecule has 6 nitrogen and oxygen atoms in total. The Hall–Kier alpha value is -13.8. The molecule has 14 aromatic carbocycles. The highest BCUT2D eigenvalue weighted by Crippen LogP contribution is 2.55. The Labute approximate surface area is 619 Å². The first kappa shape index (κ1) is 65.5. The lowest BCUT2D eigenvalue weighted by Crippen LogP contribution is -2.14. The van der Waals surface area contributed by atoms with E-state index in [1.54, 1.807) is 0 Å². The molecule has 0 amide bonds. The van der Waals surface area contributed by atoms with Gasteiger partial charge in [0.1, 0.15) is 0 Å². The molecule has 6 heteroatoms. The second-order valence-electron chi connectivity index (χ2n) is 28.2. The van der Waals surface area contributed by atoms with Crippen LogP contribution in [-0.4, -0.2) is 19.9 Å². The van der Waals surface area contributed by atoms with Crippen molar-refractivity contribution in [2.45, 2.75) is 38.5 Å². The van der Waals surface area contributed by atoms with Crippen LogP contribution >= 0.6 is 0 Å². The van der Waals surface area contributed by atoms with Crippen molar-refractivity contribution in [2.75, 3.05) is 0 Å². The van der Waals surface area contributed by atoms with E-state index in [1.165, 1.54) is 50.1 Å². The Morgan fingerprint density at radius 2 is 0.491 bits per heavy atom. The van der Waals surface area contributed by atoms with Crippen molar-refractivity contribution in [3.05, 3.63) is 397 Å². The summed E-state index contributed by atoms with van der Waals surface area (Å²) >= 11 is 0. The molecule has 0 radical (unpaired) electrons. The molecule has 2 heterocycles. The minimum atomic E-state index is -0.156. The van der Waals surface area contributed by atoms with E-state index in [0.717, 1.165) is 129 Å². The number of hydrogen-bond acceptors (Lipinski definition) is 4. The van der Waals surface area contributed by atoms with Gasteiger partial charge in [0.05, 0.1) is 35.9 Å². The van der Waals surface area contributed by atoms with Crippen molar-refractivity contribution in [2.24, 2.45) is 0 Å². The van der Waals surface area contributed by atoms with Gasteiger partial charge in [-0.2, -0.15) is 0 Å². The van der Waals surface area contributed by atoms with Crippen LogP contribution in [0.2, 0.25) is 0 Å². The van der Waals surface area contributed by atoms with Crippen LogP contribution in [0, 0.1) is 13.1 Å². The maximum Gasteiger partial charge on any atom is 0.195 e. The molecule has 106 heavy (non-hydrogen) atoms. The fourth-order valence-electron chi connectivity index (χ4n) is 15.3. The summed E-state index contributed by atoms with van der Waals surface area (Å²) in [4.78, 5) is 27.9. The van der Waals surface area contributed by atoms with E-state index in [9.17, 15) is 0 Å². The first-order chi connectivity index (χ1) is 51.9. The van der Waals surface area contributed by atoms with Gasteiger partial charge in [-0.1, -0.05) is 349 Å². The molecule has 0 spiro atoms. The third kappa shape index (κ3) is 12.4. The monoisotopic (exact) mass is 1350 g/mol. The van der Waals surface area contributed by atoms with Crippen molar-refractivity contribution >= 4 is 11.4 Å². The molecule has 0 bridgehead atoms. The molecule has 0 saturated heterocycles. The van der Waals surface area contributed by atoms with E-state index in [1.807, 2.05) is 72.8 Å². The Morgan fingerprint density at radius 1 is 0.208 bits per heavy atom. The molecule has 2 aromatic heterocycles. The van der Waals surface area contributed by atoms with Crippen LogP contribution in [0.3, 0.4) is 0 Å². The maximum atomic E-state index is 7.84. The summed E-state index contributed by atoms with van der Waals surface area (Å²) in [6.45, 7) is 24.6. The minimum Gasteiger partial charge on any atom is -0.238 e.